The van der Waals surface area contributed by atoms with Gasteiger partial charge >= 0.3 is 0 Å². The quantitative estimate of drug-likeness (QED) is 0.722. The van der Waals surface area contributed by atoms with Crippen LogP contribution in [0, 0.1) is 0 Å². The normalized spacial score (nSPS) is 14.9. The summed E-state index contributed by atoms with van der Waals surface area (Å²) in [5.41, 5.74) is 2.15. The van der Waals surface area contributed by atoms with Gasteiger partial charge in [-0.05, 0) is 38.3 Å². The van der Waals surface area contributed by atoms with Crippen molar-refractivity contribution in [1.29, 1.82) is 0 Å². The number of imidazole rings is 1. The number of benzene rings is 1. The summed E-state index contributed by atoms with van der Waals surface area (Å²) in [7, 11) is 0. The zero-order valence-corrected chi connectivity index (χ0v) is 13.8. The lowest BCUT2D eigenvalue weighted by molar-refractivity contribution is 0.593. The third kappa shape index (κ3) is 2.70. The second-order valence-electron chi connectivity index (χ2n) is 4.39. The highest BCUT2D eigenvalue weighted by Crippen LogP contribution is 2.30. The maximum atomic E-state index is 6.26. The van der Waals surface area contributed by atoms with Gasteiger partial charge in [0, 0.05) is 16.3 Å². The number of hydrogen-bond acceptors (Lipinski definition) is 2. The molecule has 5 heteroatoms. The Morgan fingerprint density at radius 3 is 2.78 bits per heavy atom. The van der Waals surface area contributed by atoms with E-state index in [0.29, 0.717) is 6.04 Å². The molecule has 0 aliphatic carbocycles. The van der Waals surface area contributed by atoms with Gasteiger partial charge in [-0.25, -0.2) is 4.98 Å². The molecule has 0 N–H and O–H groups in total. The molecule has 0 radical (unpaired) electrons. The molecule has 0 aliphatic heterocycles. The highest BCUT2D eigenvalue weighted by molar-refractivity contribution is 9.10. The van der Waals surface area contributed by atoms with Gasteiger partial charge in [-0.15, -0.1) is 11.6 Å². The molecular formula is C13H16BrClN2S. The first-order valence-corrected chi connectivity index (χ1v) is 8.47. The molecule has 98 valence electrons. The molecule has 0 bridgehead atoms. The molecule has 1 aromatic heterocycles. The summed E-state index contributed by atoms with van der Waals surface area (Å²) in [6.07, 6.45) is 2.12. The van der Waals surface area contributed by atoms with Crippen molar-refractivity contribution < 1.29 is 0 Å². The second-order valence-corrected chi connectivity index (χ2v) is 6.87. The second kappa shape index (κ2) is 5.85. The summed E-state index contributed by atoms with van der Waals surface area (Å²) < 4.78 is 3.31. The number of rotatable bonds is 4. The topological polar surface area (TPSA) is 17.8 Å². The molecule has 2 unspecified atom stereocenters. The molecule has 0 fully saturated rings. The molecule has 0 amide bonds. The van der Waals surface area contributed by atoms with Crippen LogP contribution in [0.5, 0.6) is 0 Å². The minimum absolute atomic E-state index is 0.0829. The highest BCUT2D eigenvalue weighted by Gasteiger charge is 2.18. The van der Waals surface area contributed by atoms with Crippen LogP contribution in [-0.4, -0.2) is 21.6 Å². The first kappa shape index (κ1) is 14.2. The molecule has 2 atom stereocenters. The third-order valence-electron chi connectivity index (χ3n) is 2.88. The van der Waals surface area contributed by atoms with Crippen LogP contribution in [0.4, 0.5) is 0 Å². The van der Waals surface area contributed by atoms with Gasteiger partial charge in [0.05, 0.1) is 16.4 Å². The zero-order chi connectivity index (χ0) is 13.3. The predicted octanol–water partition coefficient (Wildman–Crippen LogP) is 5.02. The van der Waals surface area contributed by atoms with E-state index in [-0.39, 0.29) is 5.38 Å². The van der Waals surface area contributed by atoms with Gasteiger partial charge in [-0.1, -0.05) is 15.9 Å². The maximum Gasteiger partial charge on any atom is 0.127 e. The monoisotopic (exact) mass is 346 g/mol. The zero-order valence-electron chi connectivity index (χ0n) is 10.7. The highest BCUT2D eigenvalue weighted by atomic mass is 79.9. The average molecular weight is 348 g/mol. The van der Waals surface area contributed by atoms with Gasteiger partial charge in [0.2, 0.25) is 0 Å². The minimum Gasteiger partial charge on any atom is -0.323 e. The number of hydrogen-bond donors (Lipinski definition) is 0. The Labute approximate surface area is 125 Å². The Morgan fingerprint density at radius 1 is 1.44 bits per heavy atom. The van der Waals surface area contributed by atoms with Gasteiger partial charge in [0.25, 0.3) is 0 Å². The Kier molecular flexibility index (Phi) is 4.62. The van der Waals surface area contributed by atoms with Gasteiger partial charge in [0.15, 0.2) is 0 Å². The van der Waals surface area contributed by atoms with Crippen LogP contribution in [0.1, 0.15) is 31.1 Å². The summed E-state index contributed by atoms with van der Waals surface area (Å²) in [5, 5.41) is -0.0829. The molecular weight excluding hydrogens is 332 g/mol. The largest absolute Gasteiger partial charge is 0.323 e. The Morgan fingerprint density at radius 2 is 2.17 bits per heavy atom. The van der Waals surface area contributed by atoms with E-state index in [0.717, 1.165) is 27.1 Å². The molecule has 1 aromatic carbocycles. The van der Waals surface area contributed by atoms with Crippen LogP contribution in [-0.2, 0) is 0 Å². The van der Waals surface area contributed by atoms with Crippen molar-refractivity contribution in [3.05, 3.63) is 28.5 Å². The summed E-state index contributed by atoms with van der Waals surface area (Å²) in [6, 6.07) is 6.59. The fourth-order valence-corrected chi connectivity index (χ4v) is 3.28. The summed E-state index contributed by atoms with van der Waals surface area (Å²) in [4.78, 5) is 4.67. The minimum atomic E-state index is -0.0829. The van der Waals surface area contributed by atoms with Crippen LogP contribution in [0.3, 0.4) is 0 Å². The van der Waals surface area contributed by atoms with Crippen molar-refractivity contribution in [1.82, 2.24) is 9.55 Å². The fraction of sp³-hybridized carbons (Fsp3) is 0.462. The van der Waals surface area contributed by atoms with E-state index in [1.54, 1.807) is 0 Å². The first-order chi connectivity index (χ1) is 8.54. The van der Waals surface area contributed by atoms with Crippen molar-refractivity contribution >= 4 is 50.3 Å². The van der Waals surface area contributed by atoms with Crippen LogP contribution in [0.15, 0.2) is 22.7 Å². The molecule has 2 nitrogen and oxygen atoms in total. The lowest BCUT2D eigenvalue weighted by atomic mass is 10.3. The van der Waals surface area contributed by atoms with Gasteiger partial charge in [-0.2, -0.15) is 11.8 Å². The van der Waals surface area contributed by atoms with E-state index >= 15 is 0 Å². The van der Waals surface area contributed by atoms with Crippen molar-refractivity contribution in [2.45, 2.75) is 25.3 Å². The number of aromatic nitrogens is 2. The Bertz CT molecular complexity index is 553. The van der Waals surface area contributed by atoms with Gasteiger partial charge < -0.3 is 4.57 Å². The fourth-order valence-electron chi connectivity index (χ4n) is 2.15. The van der Waals surface area contributed by atoms with Crippen LogP contribution in [0.2, 0.25) is 0 Å². The predicted molar refractivity (Wildman–Crippen MR) is 84.8 cm³/mol. The molecule has 2 rings (SSSR count). The molecule has 0 spiro atoms. The van der Waals surface area contributed by atoms with Crippen molar-refractivity contribution in [2.75, 3.05) is 12.0 Å². The first-order valence-electron chi connectivity index (χ1n) is 5.85. The molecule has 1 heterocycles. The standard InChI is InChI=1S/C13H16BrClN2S/c1-8(7-18-3)17-12-5-4-10(14)6-11(12)16-13(17)9(2)15/h4-6,8-9H,7H2,1-3H3. The van der Waals surface area contributed by atoms with E-state index in [2.05, 4.69) is 50.8 Å². The van der Waals surface area contributed by atoms with E-state index < -0.39 is 0 Å². The van der Waals surface area contributed by atoms with Crippen molar-refractivity contribution in [3.63, 3.8) is 0 Å². The summed E-state index contributed by atoms with van der Waals surface area (Å²) in [6.45, 7) is 4.18. The van der Waals surface area contributed by atoms with E-state index in [9.17, 15) is 0 Å². The van der Waals surface area contributed by atoms with Gasteiger partial charge in [-0.3, -0.25) is 0 Å². The molecule has 0 saturated carbocycles. The van der Waals surface area contributed by atoms with E-state index in [4.69, 9.17) is 11.6 Å². The number of fused-ring (bicyclic) bond motifs is 1. The van der Waals surface area contributed by atoms with Crippen LogP contribution >= 0.6 is 39.3 Å². The van der Waals surface area contributed by atoms with Gasteiger partial charge in [0.1, 0.15) is 5.82 Å². The van der Waals surface area contributed by atoms with Crippen molar-refractivity contribution in [3.8, 4) is 0 Å². The van der Waals surface area contributed by atoms with E-state index in [1.165, 1.54) is 0 Å². The molecule has 0 saturated heterocycles. The summed E-state index contributed by atoms with van der Waals surface area (Å²) >= 11 is 11.6. The molecule has 0 aliphatic rings. The summed E-state index contributed by atoms with van der Waals surface area (Å²) in [5.74, 6) is 2.00. The van der Waals surface area contributed by atoms with Crippen LogP contribution < -0.4 is 0 Å². The lowest BCUT2D eigenvalue weighted by Gasteiger charge is -2.17. The third-order valence-corrected chi connectivity index (χ3v) is 4.39. The number of halogens is 2. The Hall–Kier alpha value is -0.190. The van der Waals surface area contributed by atoms with Crippen LogP contribution in [0.25, 0.3) is 11.0 Å². The smallest absolute Gasteiger partial charge is 0.127 e. The SMILES string of the molecule is CSCC(C)n1c(C(C)Cl)nc2cc(Br)ccc21. The number of nitrogens with zero attached hydrogens (tertiary/aromatic N) is 2. The van der Waals surface area contributed by atoms with E-state index in [1.807, 2.05) is 24.8 Å². The lowest BCUT2D eigenvalue weighted by Crippen LogP contribution is -2.11. The number of alkyl halides is 1. The van der Waals surface area contributed by atoms with Crippen molar-refractivity contribution in [2.24, 2.45) is 0 Å². The average Bonchev–Trinajstić information content (AvgIpc) is 2.67. The Balaban J connectivity index is 2.62. The molecule has 18 heavy (non-hydrogen) atoms. The maximum absolute atomic E-state index is 6.26. The molecule has 2 aromatic rings. The number of thioether (sulfide) groups is 1.